The molecule has 0 radical (unpaired) electrons. The molecule has 2 nitrogen and oxygen atoms in total. The van der Waals surface area contributed by atoms with Gasteiger partial charge in [-0.2, -0.15) is 0 Å². The number of rotatable bonds is 1. The van der Waals surface area contributed by atoms with Crippen LogP contribution in [0, 0.1) is 0 Å². The van der Waals surface area contributed by atoms with E-state index in [4.69, 9.17) is 4.74 Å². The first-order chi connectivity index (χ1) is 8.34. The number of fused-ring (bicyclic) bond motifs is 1. The zero-order valence-corrected chi connectivity index (χ0v) is 10.2. The molecule has 1 saturated carbocycles. The monoisotopic (exact) mass is 232 g/mol. The van der Waals surface area contributed by atoms with Crippen LogP contribution in [0.15, 0.2) is 18.2 Å². The molecule has 1 aromatic rings. The number of hydrogen-bond donors (Lipinski definition) is 1. The molecule has 0 saturated heterocycles. The molecule has 1 aliphatic carbocycles. The fourth-order valence-corrected chi connectivity index (χ4v) is 3.18. The summed E-state index contributed by atoms with van der Waals surface area (Å²) < 4.78 is 5.86. The Bertz CT molecular complexity index is 400. The summed E-state index contributed by atoms with van der Waals surface area (Å²) in [6.07, 6.45) is 6.34. The Morgan fingerprint density at radius 3 is 3.00 bits per heavy atom. The van der Waals surface area contributed by atoms with Crippen molar-refractivity contribution in [2.45, 2.75) is 50.5 Å². The van der Waals surface area contributed by atoms with Gasteiger partial charge in [0.1, 0.15) is 5.75 Å². The average Bonchev–Trinajstić information content (AvgIpc) is 2.38. The molecule has 0 bridgehead atoms. The maximum Gasteiger partial charge on any atom is 0.125 e. The van der Waals surface area contributed by atoms with Gasteiger partial charge in [-0.15, -0.1) is 0 Å². The minimum absolute atomic E-state index is 0.117. The van der Waals surface area contributed by atoms with E-state index in [2.05, 4.69) is 18.2 Å². The van der Waals surface area contributed by atoms with Crippen molar-refractivity contribution in [2.24, 2.45) is 0 Å². The van der Waals surface area contributed by atoms with Crippen molar-refractivity contribution in [3.63, 3.8) is 0 Å². The highest BCUT2D eigenvalue weighted by atomic mass is 16.5. The molecule has 2 heteroatoms. The lowest BCUT2D eigenvalue weighted by Gasteiger charge is -2.29. The molecule has 1 heterocycles. The molecule has 1 aliphatic heterocycles. The quantitative estimate of drug-likeness (QED) is 0.806. The van der Waals surface area contributed by atoms with Crippen molar-refractivity contribution in [2.75, 3.05) is 6.61 Å². The maximum atomic E-state index is 9.80. The van der Waals surface area contributed by atoms with Gasteiger partial charge in [0.15, 0.2) is 0 Å². The van der Waals surface area contributed by atoms with Crippen molar-refractivity contribution in [3.05, 3.63) is 29.3 Å². The van der Waals surface area contributed by atoms with Crippen molar-refractivity contribution in [1.82, 2.24) is 0 Å². The molecule has 1 N–H and O–H groups in total. The summed E-state index contributed by atoms with van der Waals surface area (Å²) >= 11 is 0. The van der Waals surface area contributed by atoms with Crippen LogP contribution in [0.1, 0.15) is 49.1 Å². The first-order valence-corrected chi connectivity index (χ1v) is 6.77. The van der Waals surface area contributed by atoms with Crippen LogP contribution in [0.4, 0.5) is 0 Å². The Morgan fingerprint density at radius 2 is 2.12 bits per heavy atom. The standard InChI is InChI=1S/C15H20O2/c16-13-7-1-5-12(10-13)14-8-2-4-11-6-3-9-17-15(11)14/h2,4,8,12-13,16H,1,3,5-7,9-10H2. The number of ether oxygens (including phenoxy) is 1. The Labute approximate surface area is 103 Å². The molecule has 92 valence electrons. The van der Waals surface area contributed by atoms with Crippen LogP contribution in [0.5, 0.6) is 5.75 Å². The van der Waals surface area contributed by atoms with Crippen LogP contribution in [-0.4, -0.2) is 17.8 Å². The van der Waals surface area contributed by atoms with Gasteiger partial charge in [-0.25, -0.2) is 0 Å². The Kier molecular flexibility index (Phi) is 3.06. The fraction of sp³-hybridized carbons (Fsp3) is 0.600. The third-order valence-electron chi connectivity index (χ3n) is 4.05. The highest BCUT2D eigenvalue weighted by Crippen LogP contribution is 2.40. The van der Waals surface area contributed by atoms with Gasteiger partial charge in [-0.3, -0.25) is 0 Å². The molecule has 17 heavy (non-hydrogen) atoms. The first-order valence-electron chi connectivity index (χ1n) is 6.77. The maximum absolute atomic E-state index is 9.80. The van der Waals surface area contributed by atoms with E-state index in [9.17, 15) is 5.11 Å². The third-order valence-corrected chi connectivity index (χ3v) is 4.05. The van der Waals surface area contributed by atoms with Crippen molar-refractivity contribution in [3.8, 4) is 5.75 Å². The molecule has 1 aromatic carbocycles. The number of hydrogen-bond acceptors (Lipinski definition) is 2. The topological polar surface area (TPSA) is 29.5 Å². The van der Waals surface area contributed by atoms with E-state index in [1.807, 2.05) is 0 Å². The van der Waals surface area contributed by atoms with Crippen molar-refractivity contribution < 1.29 is 9.84 Å². The lowest BCUT2D eigenvalue weighted by atomic mass is 9.81. The van der Waals surface area contributed by atoms with E-state index < -0.39 is 0 Å². The summed E-state index contributed by atoms with van der Waals surface area (Å²) in [7, 11) is 0. The minimum Gasteiger partial charge on any atom is -0.493 e. The van der Waals surface area contributed by atoms with Crippen molar-refractivity contribution in [1.29, 1.82) is 0 Å². The van der Waals surface area contributed by atoms with Gasteiger partial charge in [0, 0.05) is 0 Å². The van der Waals surface area contributed by atoms with Gasteiger partial charge in [0.2, 0.25) is 0 Å². The van der Waals surface area contributed by atoms with Gasteiger partial charge in [0.25, 0.3) is 0 Å². The lowest BCUT2D eigenvalue weighted by Crippen LogP contribution is -2.20. The number of aliphatic hydroxyl groups excluding tert-OH is 1. The largest absolute Gasteiger partial charge is 0.493 e. The zero-order chi connectivity index (χ0) is 11.7. The smallest absolute Gasteiger partial charge is 0.125 e. The van der Waals surface area contributed by atoms with E-state index in [1.54, 1.807) is 0 Å². The second-order valence-corrected chi connectivity index (χ2v) is 5.30. The lowest BCUT2D eigenvalue weighted by molar-refractivity contribution is 0.118. The molecule has 0 aromatic heterocycles. The Balaban J connectivity index is 1.91. The predicted molar refractivity (Wildman–Crippen MR) is 67.5 cm³/mol. The van der Waals surface area contributed by atoms with Gasteiger partial charge in [0.05, 0.1) is 12.7 Å². The van der Waals surface area contributed by atoms with Crippen molar-refractivity contribution >= 4 is 0 Å². The number of benzene rings is 1. The minimum atomic E-state index is -0.117. The van der Waals surface area contributed by atoms with Gasteiger partial charge in [-0.05, 0) is 49.1 Å². The molecule has 2 aliphatic rings. The van der Waals surface area contributed by atoms with Crippen LogP contribution < -0.4 is 4.74 Å². The first kappa shape index (κ1) is 11.1. The number of para-hydroxylation sites is 1. The fourth-order valence-electron chi connectivity index (χ4n) is 3.18. The van der Waals surface area contributed by atoms with E-state index in [1.165, 1.54) is 17.5 Å². The summed E-state index contributed by atoms with van der Waals surface area (Å²) in [6, 6.07) is 6.51. The number of aliphatic hydroxyl groups is 1. The van der Waals surface area contributed by atoms with E-state index in [-0.39, 0.29) is 6.10 Å². The summed E-state index contributed by atoms with van der Waals surface area (Å²) in [4.78, 5) is 0. The van der Waals surface area contributed by atoms with Crippen LogP contribution in [0.3, 0.4) is 0 Å². The molecule has 2 unspecified atom stereocenters. The molecular formula is C15H20O2. The normalized spacial score (nSPS) is 28.3. The second-order valence-electron chi connectivity index (χ2n) is 5.30. The predicted octanol–water partition coefficient (Wildman–Crippen LogP) is 3.03. The summed E-state index contributed by atoms with van der Waals surface area (Å²) in [5.74, 6) is 1.62. The highest BCUT2D eigenvalue weighted by Gasteiger charge is 2.26. The molecule has 1 fully saturated rings. The van der Waals surface area contributed by atoms with Crippen LogP contribution in [0.25, 0.3) is 0 Å². The number of aryl methyl sites for hydroxylation is 1. The zero-order valence-electron chi connectivity index (χ0n) is 10.2. The Hall–Kier alpha value is -1.02. The summed E-state index contributed by atoms with van der Waals surface area (Å²) in [5.41, 5.74) is 2.69. The molecule has 0 spiro atoms. The van der Waals surface area contributed by atoms with E-state index >= 15 is 0 Å². The second kappa shape index (κ2) is 4.69. The molecule has 0 amide bonds. The Morgan fingerprint density at radius 1 is 1.18 bits per heavy atom. The average molecular weight is 232 g/mol. The summed E-state index contributed by atoms with van der Waals surface area (Å²) in [6.45, 7) is 0.847. The van der Waals surface area contributed by atoms with Gasteiger partial charge in [-0.1, -0.05) is 24.6 Å². The third kappa shape index (κ3) is 2.19. The van der Waals surface area contributed by atoms with Gasteiger partial charge >= 0.3 is 0 Å². The molecule has 2 atom stereocenters. The van der Waals surface area contributed by atoms with Gasteiger partial charge < -0.3 is 9.84 Å². The SMILES string of the molecule is OC1CCCC(c2cccc3c2OCCC3)C1. The molecular weight excluding hydrogens is 212 g/mol. The van der Waals surface area contributed by atoms with E-state index in [0.717, 1.165) is 44.5 Å². The van der Waals surface area contributed by atoms with Crippen LogP contribution in [0.2, 0.25) is 0 Å². The van der Waals surface area contributed by atoms with E-state index in [0.29, 0.717) is 5.92 Å². The molecule has 3 rings (SSSR count). The highest BCUT2D eigenvalue weighted by molar-refractivity contribution is 5.44. The van der Waals surface area contributed by atoms with Crippen LogP contribution in [-0.2, 0) is 6.42 Å². The summed E-state index contributed by atoms with van der Waals surface area (Å²) in [5, 5.41) is 9.80. The van der Waals surface area contributed by atoms with Crippen LogP contribution >= 0.6 is 0 Å².